The zero-order valence-corrected chi connectivity index (χ0v) is 13.5. The average Bonchev–Trinajstić information content (AvgIpc) is 2.48. The Bertz CT molecular complexity index is 341. The summed E-state index contributed by atoms with van der Waals surface area (Å²) in [6.07, 6.45) is 6.02. The van der Waals surface area contributed by atoms with E-state index >= 15 is 0 Å². The van der Waals surface area contributed by atoms with Gasteiger partial charge >= 0.3 is 0 Å². The molecule has 6 nitrogen and oxygen atoms in total. The van der Waals surface area contributed by atoms with Crippen LogP contribution in [0.15, 0.2) is 0 Å². The minimum absolute atomic E-state index is 0.0689. The highest BCUT2D eigenvalue weighted by Crippen LogP contribution is 2.30. The van der Waals surface area contributed by atoms with Gasteiger partial charge in [0, 0.05) is 25.6 Å². The van der Waals surface area contributed by atoms with Gasteiger partial charge in [-0.2, -0.15) is 0 Å². The van der Waals surface area contributed by atoms with Crippen molar-refractivity contribution in [3.05, 3.63) is 0 Å². The first kappa shape index (κ1) is 17.9. The van der Waals surface area contributed by atoms with Crippen molar-refractivity contribution in [2.45, 2.75) is 57.0 Å². The summed E-state index contributed by atoms with van der Waals surface area (Å²) in [7, 11) is 3.50. The molecular weight excluding hydrogens is 270 g/mol. The molecule has 1 unspecified atom stereocenters. The Kier molecular flexibility index (Phi) is 7.67. The van der Waals surface area contributed by atoms with Crippen molar-refractivity contribution < 1.29 is 14.3 Å². The minimum Gasteiger partial charge on any atom is -0.383 e. The predicted octanol–water partition coefficient (Wildman–Crippen LogP) is 0.566. The molecule has 0 aromatic carbocycles. The molecule has 6 heteroatoms. The lowest BCUT2D eigenvalue weighted by atomic mass is 9.79. The van der Waals surface area contributed by atoms with Crippen LogP contribution in [0.4, 0.5) is 0 Å². The van der Waals surface area contributed by atoms with Gasteiger partial charge in [0.05, 0.1) is 6.61 Å². The normalized spacial score (nSPS) is 18.8. The molecule has 0 bridgehead atoms. The first-order valence-electron chi connectivity index (χ1n) is 7.78. The van der Waals surface area contributed by atoms with Crippen LogP contribution < -0.4 is 16.0 Å². The fraction of sp³-hybridized carbons (Fsp3) is 0.867. The van der Waals surface area contributed by atoms with E-state index in [1.807, 2.05) is 7.05 Å². The minimum atomic E-state index is -0.521. The lowest BCUT2D eigenvalue weighted by Gasteiger charge is -2.36. The summed E-state index contributed by atoms with van der Waals surface area (Å²) in [4.78, 5) is 24.0. The lowest BCUT2D eigenvalue weighted by molar-refractivity contribution is -0.129. The van der Waals surface area contributed by atoms with Crippen LogP contribution in [0.5, 0.6) is 0 Å². The summed E-state index contributed by atoms with van der Waals surface area (Å²) in [6.45, 7) is 2.62. The van der Waals surface area contributed by atoms with Crippen molar-refractivity contribution >= 4 is 11.8 Å². The van der Waals surface area contributed by atoms with Crippen molar-refractivity contribution in [3.63, 3.8) is 0 Å². The lowest BCUT2D eigenvalue weighted by Crippen LogP contribution is -2.51. The van der Waals surface area contributed by atoms with E-state index in [1.165, 1.54) is 6.42 Å². The molecule has 0 saturated heterocycles. The molecule has 0 heterocycles. The molecule has 2 amide bonds. The quantitative estimate of drug-likeness (QED) is 0.572. The first-order valence-corrected chi connectivity index (χ1v) is 7.78. The highest BCUT2D eigenvalue weighted by atomic mass is 16.5. The monoisotopic (exact) mass is 299 g/mol. The number of carbonyl (C=O) groups excluding carboxylic acids is 2. The van der Waals surface area contributed by atoms with Gasteiger partial charge in [0.1, 0.15) is 6.04 Å². The van der Waals surface area contributed by atoms with E-state index in [0.717, 1.165) is 25.7 Å². The zero-order chi connectivity index (χ0) is 15.7. The Morgan fingerprint density at radius 2 is 1.90 bits per heavy atom. The Balaban J connectivity index is 2.39. The number of rotatable bonds is 8. The summed E-state index contributed by atoms with van der Waals surface area (Å²) < 4.78 is 4.87. The molecule has 122 valence electrons. The van der Waals surface area contributed by atoms with Crippen molar-refractivity contribution in [3.8, 4) is 0 Å². The highest BCUT2D eigenvalue weighted by molar-refractivity contribution is 5.87. The molecule has 1 fully saturated rings. The Hall–Kier alpha value is -1.14. The molecule has 0 aromatic heterocycles. The number of hydrogen-bond acceptors (Lipinski definition) is 4. The molecule has 21 heavy (non-hydrogen) atoms. The third kappa shape index (κ3) is 6.01. The second-order valence-electron chi connectivity index (χ2n) is 5.84. The van der Waals surface area contributed by atoms with Crippen LogP contribution in [0.1, 0.15) is 45.4 Å². The van der Waals surface area contributed by atoms with Gasteiger partial charge < -0.3 is 20.7 Å². The third-order valence-corrected chi connectivity index (χ3v) is 4.22. The molecule has 1 aliphatic carbocycles. The Morgan fingerprint density at radius 1 is 1.24 bits per heavy atom. The van der Waals surface area contributed by atoms with Crippen LogP contribution in [-0.2, 0) is 14.3 Å². The van der Waals surface area contributed by atoms with E-state index in [-0.39, 0.29) is 17.4 Å². The van der Waals surface area contributed by atoms with Crippen LogP contribution in [0.2, 0.25) is 0 Å². The maximum atomic E-state index is 12.2. The summed E-state index contributed by atoms with van der Waals surface area (Å²) in [6, 6.07) is -0.521. The standard InChI is InChI=1S/C15H29N3O3/c1-12(14(20)17-9-10-21-3)18-13(19)11-15(16-2)7-5-4-6-8-15/h12,16H,4-11H2,1-3H3,(H,17,20)(H,18,19). The van der Waals surface area contributed by atoms with Gasteiger partial charge in [-0.25, -0.2) is 0 Å². The predicted molar refractivity (Wildman–Crippen MR) is 82.0 cm³/mol. The van der Waals surface area contributed by atoms with Gasteiger partial charge in [0.2, 0.25) is 11.8 Å². The molecular formula is C15H29N3O3. The van der Waals surface area contributed by atoms with E-state index in [1.54, 1.807) is 14.0 Å². The summed E-state index contributed by atoms with van der Waals surface area (Å²) in [5.74, 6) is -0.247. The van der Waals surface area contributed by atoms with Crippen LogP contribution in [0, 0.1) is 0 Å². The smallest absolute Gasteiger partial charge is 0.242 e. The maximum Gasteiger partial charge on any atom is 0.242 e. The molecule has 1 atom stereocenters. The van der Waals surface area contributed by atoms with Crippen LogP contribution in [0.25, 0.3) is 0 Å². The third-order valence-electron chi connectivity index (χ3n) is 4.22. The molecule has 0 aliphatic heterocycles. The highest BCUT2D eigenvalue weighted by Gasteiger charge is 2.33. The van der Waals surface area contributed by atoms with E-state index in [9.17, 15) is 9.59 Å². The summed E-state index contributed by atoms with van der Waals surface area (Å²) in [5.41, 5.74) is -0.103. The molecule has 0 aromatic rings. The number of hydrogen-bond donors (Lipinski definition) is 3. The van der Waals surface area contributed by atoms with Gasteiger partial charge in [-0.15, -0.1) is 0 Å². The van der Waals surface area contributed by atoms with E-state index < -0.39 is 6.04 Å². The number of carbonyl (C=O) groups is 2. The second kappa shape index (κ2) is 9.00. The van der Waals surface area contributed by atoms with Crippen LogP contribution >= 0.6 is 0 Å². The Labute approximate surface area is 127 Å². The molecule has 1 saturated carbocycles. The number of ether oxygens (including phenoxy) is 1. The van der Waals surface area contributed by atoms with Gasteiger partial charge in [0.15, 0.2) is 0 Å². The largest absolute Gasteiger partial charge is 0.383 e. The number of methoxy groups -OCH3 is 1. The fourth-order valence-corrected chi connectivity index (χ4v) is 2.84. The molecule has 1 aliphatic rings. The van der Waals surface area contributed by atoms with Crippen molar-refractivity contribution in [2.24, 2.45) is 0 Å². The topological polar surface area (TPSA) is 79.5 Å². The van der Waals surface area contributed by atoms with Crippen molar-refractivity contribution in [1.82, 2.24) is 16.0 Å². The molecule has 3 N–H and O–H groups in total. The maximum absolute atomic E-state index is 12.2. The zero-order valence-electron chi connectivity index (χ0n) is 13.5. The van der Waals surface area contributed by atoms with E-state index in [4.69, 9.17) is 4.74 Å². The molecule has 0 radical (unpaired) electrons. The fourth-order valence-electron chi connectivity index (χ4n) is 2.84. The molecule has 1 rings (SSSR count). The SMILES string of the molecule is CNC1(CC(=O)NC(C)C(=O)NCCOC)CCCCC1. The van der Waals surface area contributed by atoms with Crippen molar-refractivity contribution in [1.29, 1.82) is 0 Å². The second-order valence-corrected chi connectivity index (χ2v) is 5.84. The molecule has 0 spiro atoms. The first-order chi connectivity index (χ1) is 10.0. The van der Waals surface area contributed by atoms with Crippen LogP contribution in [-0.4, -0.2) is 50.7 Å². The van der Waals surface area contributed by atoms with Gasteiger partial charge in [-0.1, -0.05) is 19.3 Å². The van der Waals surface area contributed by atoms with Crippen LogP contribution in [0.3, 0.4) is 0 Å². The number of amides is 2. The van der Waals surface area contributed by atoms with Gasteiger partial charge in [-0.3, -0.25) is 9.59 Å². The summed E-state index contributed by atoms with van der Waals surface area (Å²) >= 11 is 0. The Morgan fingerprint density at radius 3 is 2.48 bits per heavy atom. The van der Waals surface area contributed by atoms with E-state index in [2.05, 4.69) is 16.0 Å². The van der Waals surface area contributed by atoms with E-state index in [0.29, 0.717) is 19.6 Å². The van der Waals surface area contributed by atoms with Gasteiger partial charge in [-0.05, 0) is 26.8 Å². The van der Waals surface area contributed by atoms with Gasteiger partial charge in [0.25, 0.3) is 0 Å². The van der Waals surface area contributed by atoms with Crippen molar-refractivity contribution in [2.75, 3.05) is 27.3 Å². The average molecular weight is 299 g/mol. The number of nitrogens with one attached hydrogen (secondary N) is 3. The summed E-state index contributed by atoms with van der Waals surface area (Å²) in [5, 5.41) is 8.82.